The Kier molecular flexibility index (Phi) is 6.52. The number of carbonyl (C=O) groups excluding carboxylic acids is 1. The lowest BCUT2D eigenvalue weighted by Crippen LogP contribution is -2.37. The minimum absolute atomic E-state index is 0.114. The van der Waals surface area contributed by atoms with Gasteiger partial charge in [-0.1, -0.05) is 59.8 Å². The van der Waals surface area contributed by atoms with Crippen LogP contribution in [0.2, 0.25) is 18.1 Å². The van der Waals surface area contributed by atoms with Crippen molar-refractivity contribution in [2.75, 3.05) is 0 Å². The molecule has 1 fully saturated rings. The monoisotopic (exact) mass is 292 g/mol. The Hall–Kier alpha value is -0.553. The predicted molar refractivity (Wildman–Crippen MR) is 90.3 cm³/mol. The van der Waals surface area contributed by atoms with Gasteiger partial charge in [0, 0.05) is 5.92 Å². The van der Waals surface area contributed by atoms with Gasteiger partial charge in [0.1, 0.15) is 8.07 Å². The topological polar surface area (TPSA) is 17.1 Å². The Bertz CT molecular complexity index is 368. The minimum atomic E-state index is -1.44. The van der Waals surface area contributed by atoms with E-state index in [2.05, 4.69) is 32.2 Å². The van der Waals surface area contributed by atoms with Gasteiger partial charge in [-0.3, -0.25) is 4.79 Å². The van der Waals surface area contributed by atoms with Crippen molar-refractivity contribution in [3.8, 4) is 11.5 Å². The number of rotatable bonds is 5. The molecule has 0 N–H and O–H groups in total. The average molecular weight is 293 g/mol. The third kappa shape index (κ3) is 3.76. The third-order valence-electron chi connectivity index (χ3n) is 5.30. The first-order valence-electron chi connectivity index (χ1n) is 8.54. The summed E-state index contributed by atoms with van der Waals surface area (Å²) in [6.45, 7) is 10.9. The summed E-state index contributed by atoms with van der Waals surface area (Å²) < 4.78 is 0. The number of Topliss-reactive ketones (excluding diaryl/α,β-unsaturated/α-hetero) is 1. The molecule has 0 spiro atoms. The Balaban J connectivity index is 3.11. The quantitative estimate of drug-likeness (QED) is 0.502. The predicted octanol–water partition coefficient (Wildman–Crippen LogP) is 5.21. The second-order valence-electron chi connectivity index (χ2n) is 6.75. The number of ketones is 1. The summed E-state index contributed by atoms with van der Waals surface area (Å²) in [7, 11) is -1.44. The second-order valence-corrected chi connectivity index (χ2v) is 11.7. The van der Waals surface area contributed by atoms with E-state index in [0.29, 0.717) is 5.78 Å². The summed E-state index contributed by atoms with van der Waals surface area (Å²) in [5, 5.41) is 0. The summed E-state index contributed by atoms with van der Waals surface area (Å²) in [6.07, 6.45) is 5.61. The van der Waals surface area contributed by atoms with E-state index in [1.807, 2.05) is 13.8 Å². The lowest BCUT2D eigenvalue weighted by Gasteiger charge is -2.33. The van der Waals surface area contributed by atoms with E-state index in [1.165, 1.54) is 37.4 Å². The molecular weight excluding hydrogens is 260 g/mol. The van der Waals surface area contributed by atoms with Gasteiger partial charge in [0.15, 0.2) is 5.78 Å². The van der Waals surface area contributed by atoms with Gasteiger partial charge in [0.25, 0.3) is 0 Å². The summed E-state index contributed by atoms with van der Waals surface area (Å²) in [4.78, 5) is 12.7. The zero-order chi connectivity index (χ0) is 15.2. The molecule has 0 heterocycles. The van der Waals surface area contributed by atoms with Gasteiger partial charge in [-0.05, 0) is 31.0 Å². The number of hydrogen-bond acceptors (Lipinski definition) is 1. The van der Waals surface area contributed by atoms with Crippen LogP contribution in [-0.4, -0.2) is 13.9 Å². The van der Waals surface area contributed by atoms with E-state index in [0.717, 1.165) is 12.8 Å². The molecule has 0 bridgehead atoms. The largest absolute Gasteiger partial charge is 0.298 e. The fourth-order valence-electron chi connectivity index (χ4n) is 3.41. The smallest absolute Gasteiger partial charge is 0.153 e. The molecule has 0 aromatic heterocycles. The van der Waals surface area contributed by atoms with Crippen molar-refractivity contribution in [3.05, 3.63) is 0 Å². The van der Waals surface area contributed by atoms with Crippen LogP contribution in [-0.2, 0) is 4.79 Å². The molecule has 114 valence electrons. The van der Waals surface area contributed by atoms with Gasteiger partial charge in [-0.2, -0.15) is 0 Å². The number of carbonyl (C=O) groups is 1. The fraction of sp³-hybridized carbons (Fsp3) is 0.833. The average Bonchev–Trinajstić information content (AvgIpc) is 2.49. The zero-order valence-electron chi connectivity index (χ0n) is 14.1. The fourth-order valence-corrected chi connectivity index (χ4v) is 5.94. The minimum Gasteiger partial charge on any atom is -0.298 e. The van der Waals surface area contributed by atoms with Crippen LogP contribution in [0.25, 0.3) is 0 Å². The molecule has 0 aromatic carbocycles. The van der Waals surface area contributed by atoms with Crippen molar-refractivity contribution < 1.29 is 4.79 Å². The first kappa shape index (κ1) is 17.5. The Labute approximate surface area is 126 Å². The van der Waals surface area contributed by atoms with Gasteiger partial charge in [0.05, 0.1) is 5.41 Å². The van der Waals surface area contributed by atoms with E-state index in [-0.39, 0.29) is 11.3 Å². The van der Waals surface area contributed by atoms with Crippen LogP contribution >= 0.6 is 0 Å². The SMILES string of the molecule is CC[Si](C#CC1(C(=O)C(C)C)CCCCC1)(CC)CC. The van der Waals surface area contributed by atoms with Gasteiger partial charge >= 0.3 is 0 Å². The van der Waals surface area contributed by atoms with Crippen molar-refractivity contribution in [3.63, 3.8) is 0 Å². The van der Waals surface area contributed by atoms with E-state index in [4.69, 9.17) is 0 Å². The van der Waals surface area contributed by atoms with E-state index in [9.17, 15) is 4.79 Å². The zero-order valence-corrected chi connectivity index (χ0v) is 15.1. The van der Waals surface area contributed by atoms with Crippen molar-refractivity contribution >= 4 is 13.9 Å². The van der Waals surface area contributed by atoms with Gasteiger partial charge in [0.2, 0.25) is 0 Å². The molecule has 1 nitrogen and oxygen atoms in total. The van der Waals surface area contributed by atoms with Crippen molar-refractivity contribution in [1.82, 2.24) is 0 Å². The molecule has 0 radical (unpaired) electrons. The highest BCUT2D eigenvalue weighted by atomic mass is 28.3. The van der Waals surface area contributed by atoms with Crippen LogP contribution in [0.1, 0.15) is 66.7 Å². The summed E-state index contributed by atoms with van der Waals surface area (Å²) in [6, 6.07) is 3.66. The van der Waals surface area contributed by atoms with Gasteiger partial charge in [-0.25, -0.2) is 0 Å². The van der Waals surface area contributed by atoms with Crippen LogP contribution in [0.5, 0.6) is 0 Å². The third-order valence-corrected chi connectivity index (χ3v) is 10.0. The molecule has 0 saturated heterocycles. The molecule has 0 aromatic rings. The lowest BCUT2D eigenvalue weighted by molar-refractivity contribution is -0.130. The van der Waals surface area contributed by atoms with Crippen LogP contribution in [0.3, 0.4) is 0 Å². The molecule has 1 aliphatic rings. The molecular formula is C18H32OSi. The standard InChI is InChI=1S/C18H32OSi/c1-6-20(7-2,8-3)15-14-18(17(19)16(4)5)12-10-9-11-13-18/h16H,6-13H2,1-5H3. The first-order chi connectivity index (χ1) is 9.45. The maximum Gasteiger partial charge on any atom is 0.153 e. The highest BCUT2D eigenvalue weighted by Gasteiger charge is 2.39. The maximum absolute atomic E-state index is 12.7. The molecule has 1 saturated carbocycles. The van der Waals surface area contributed by atoms with Gasteiger partial charge in [-0.15, -0.1) is 5.54 Å². The summed E-state index contributed by atoms with van der Waals surface area (Å²) in [5.41, 5.74) is 3.40. The Morgan fingerprint density at radius 3 is 1.95 bits per heavy atom. The van der Waals surface area contributed by atoms with Crippen molar-refractivity contribution in [1.29, 1.82) is 0 Å². The van der Waals surface area contributed by atoms with E-state index in [1.54, 1.807) is 0 Å². The normalized spacial score (nSPS) is 18.5. The maximum atomic E-state index is 12.7. The van der Waals surface area contributed by atoms with Crippen molar-refractivity contribution in [2.45, 2.75) is 84.9 Å². The first-order valence-corrected chi connectivity index (χ1v) is 11.2. The Morgan fingerprint density at radius 1 is 1.05 bits per heavy atom. The molecule has 2 heteroatoms. The molecule has 0 aliphatic heterocycles. The van der Waals surface area contributed by atoms with Crippen molar-refractivity contribution in [2.24, 2.45) is 11.3 Å². The highest BCUT2D eigenvalue weighted by Crippen LogP contribution is 2.39. The summed E-state index contributed by atoms with van der Waals surface area (Å²) >= 11 is 0. The molecule has 1 aliphatic carbocycles. The molecule has 0 amide bonds. The second kappa shape index (κ2) is 7.45. The van der Waals surface area contributed by atoms with Crippen LogP contribution in [0.4, 0.5) is 0 Å². The lowest BCUT2D eigenvalue weighted by atomic mass is 9.69. The number of hydrogen-bond donors (Lipinski definition) is 0. The van der Waals surface area contributed by atoms with Crippen LogP contribution < -0.4 is 0 Å². The summed E-state index contributed by atoms with van der Waals surface area (Å²) in [5.74, 6) is 4.09. The van der Waals surface area contributed by atoms with E-state index >= 15 is 0 Å². The molecule has 20 heavy (non-hydrogen) atoms. The molecule has 0 atom stereocenters. The van der Waals surface area contributed by atoms with Crippen LogP contribution in [0, 0.1) is 22.8 Å². The van der Waals surface area contributed by atoms with Crippen LogP contribution in [0.15, 0.2) is 0 Å². The highest BCUT2D eigenvalue weighted by molar-refractivity contribution is 6.87. The Morgan fingerprint density at radius 2 is 1.55 bits per heavy atom. The van der Waals surface area contributed by atoms with Gasteiger partial charge < -0.3 is 0 Å². The molecule has 1 rings (SSSR count). The molecule has 0 unspecified atom stereocenters. The van der Waals surface area contributed by atoms with E-state index < -0.39 is 8.07 Å².